The molecular weight excluding hydrogens is 354 g/mol. The lowest BCUT2D eigenvalue weighted by Gasteiger charge is -2.13. The Kier molecular flexibility index (Phi) is 5.91. The van der Waals surface area contributed by atoms with Gasteiger partial charge in [0.1, 0.15) is 5.75 Å². The summed E-state index contributed by atoms with van der Waals surface area (Å²) in [7, 11) is 0. The highest BCUT2D eigenvalue weighted by Crippen LogP contribution is 2.30. The molecule has 0 saturated heterocycles. The Morgan fingerprint density at radius 1 is 0.964 bits per heavy atom. The summed E-state index contributed by atoms with van der Waals surface area (Å²) in [5.41, 5.74) is 8.06. The van der Waals surface area contributed by atoms with E-state index in [0.29, 0.717) is 29.3 Å². The number of para-hydroxylation sites is 2. The molecule has 4 N–H and O–H groups in total. The highest BCUT2D eigenvalue weighted by atomic mass is 16.5. The van der Waals surface area contributed by atoms with E-state index >= 15 is 0 Å². The summed E-state index contributed by atoms with van der Waals surface area (Å²) in [5.74, 6) is 1.01. The largest absolute Gasteiger partial charge is 0.455 e. The van der Waals surface area contributed by atoms with Gasteiger partial charge >= 0.3 is 6.03 Å². The lowest BCUT2D eigenvalue weighted by Crippen LogP contribution is -2.28. The number of hydrogen-bond acceptors (Lipinski definition) is 3. The van der Waals surface area contributed by atoms with Gasteiger partial charge in [0.2, 0.25) is 0 Å². The van der Waals surface area contributed by atoms with Gasteiger partial charge in [-0.05, 0) is 54.4 Å². The summed E-state index contributed by atoms with van der Waals surface area (Å²) in [6.07, 6.45) is 0. The SMILES string of the molecule is Cc1cccc(Oc2ccccc2NC(=O)c2ccc(CNC(N)=O)cc2)c1. The fraction of sp³-hybridized carbons (Fsp3) is 0.0909. The molecule has 0 aromatic heterocycles. The third-order valence-electron chi connectivity index (χ3n) is 4.04. The van der Waals surface area contributed by atoms with Crippen LogP contribution in [-0.2, 0) is 6.54 Å². The molecule has 0 aliphatic heterocycles. The number of urea groups is 1. The number of ether oxygens (including phenoxy) is 1. The number of primary amides is 1. The van der Waals surface area contributed by atoms with Gasteiger partial charge in [-0.25, -0.2) is 4.79 Å². The van der Waals surface area contributed by atoms with Crippen LogP contribution in [0.2, 0.25) is 0 Å². The minimum Gasteiger partial charge on any atom is -0.455 e. The number of nitrogens with two attached hydrogens (primary N) is 1. The second-order valence-corrected chi connectivity index (χ2v) is 6.28. The van der Waals surface area contributed by atoms with Crippen LogP contribution in [0.3, 0.4) is 0 Å². The Labute approximate surface area is 163 Å². The van der Waals surface area contributed by atoms with Crippen LogP contribution in [0.4, 0.5) is 10.5 Å². The van der Waals surface area contributed by atoms with Crippen molar-refractivity contribution in [3.63, 3.8) is 0 Å². The number of anilines is 1. The third-order valence-corrected chi connectivity index (χ3v) is 4.04. The van der Waals surface area contributed by atoms with Crippen molar-refractivity contribution in [2.24, 2.45) is 5.73 Å². The van der Waals surface area contributed by atoms with Gasteiger partial charge in [-0.3, -0.25) is 4.79 Å². The van der Waals surface area contributed by atoms with E-state index in [9.17, 15) is 9.59 Å². The molecule has 0 radical (unpaired) electrons. The van der Waals surface area contributed by atoms with Crippen molar-refractivity contribution in [3.05, 3.63) is 89.5 Å². The van der Waals surface area contributed by atoms with Gasteiger partial charge < -0.3 is 21.1 Å². The monoisotopic (exact) mass is 375 g/mol. The maximum Gasteiger partial charge on any atom is 0.312 e. The molecule has 6 heteroatoms. The van der Waals surface area contributed by atoms with Crippen molar-refractivity contribution in [2.45, 2.75) is 13.5 Å². The average Bonchev–Trinajstić information content (AvgIpc) is 2.68. The number of carbonyl (C=O) groups is 2. The van der Waals surface area contributed by atoms with Crippen molar-refractivity contribution < 1.29 is 14.3 Å². The molecule has 3 aromatic carbocycles. The van der Waals surface area contributed by atoms with Crippen molar-refractivity contribution in [1.82, 2.24) is 5.32 Å². The molecule has 3 aromatic rings. The zero-order valence-corrected chi connectivity index (χ0v) is 15.4. The molecule has 0 saturated carbocycles. The maximum absolute atomic E-state index is 12.6. The summed E-state index contributed by atoms with van der Waals surface area (Å²) in [6, 6.07) is 21.3. The summed E-state index contributed by atoms with van der Waals surface area (Å²) in [5, 5.41) is 5.38. The molecule has 3 amide bonds. The number of hydrogen-bond donors (Lipinski definition) is 3. The first kappa shape index (κ1) is 19.0. The average molecular weight is 375 g/mol. The zero-order chi connectivity index (χ0) is 19.9. The van der Waals surface area contributed by atoms with Crippen LogP contribution in [0.25, 0.3) is 0 Å². The number of amides is 3. The number of nitrogens with one attached hydrogen (secondary N) is 2. The van der Waals surface area contributed by atoms with Gasteiger partial charge in [0.25, 0.3) is 5.91 Å². The quantitative estimate of drug-likeness (QED) is 0.602. The van der Waals surface area contributed by atoms with E-state index in [1.165, 1.54) is 0 Å². The van der Waals surface area contributed by atoms with Crippen LogP contribution in [-0.4, -0.2) is 11.9 Å². The summed E-state index contributed by atoms with van der Waals surface area (Å²) >= 11 is 0. The van der Waals surface area contributed by atoms with Crippen LogP contribution < -0.4 is 21.1 Å². The van der Waals surface area contributed by atoms with E-state index in [1.54, 1.807) is 36.4 Å². The van der Waals surface area contributed by atoms with Crippen LogP contribution in [0.5, 0.6) is 11.5 Å². The van der Waals surface area contributed by atoms with Gasteiger partial charge in [0.15, 0.2) is 5.75 Å². The Morgan fingerprint density at radius 2 is 1.71 bits per heavy atom. The minimum atomic E-state index is -0.591. The molecular formula is C22H21N3O3. The van der Waals surface area contributed by atoms with E-state index in [1.807, 2.05) is 43.3 Å². The van der Waals surface area contributed by atoms with Crippen LogP contribution in [0.1, 0.15) is 21.5 Å². The Balaban J connectivity index is 1.71. The predicted molar refractivity (Wildman–Crippen MR) is 109 cm³/mol. The van der Waals surface area contributed by atoms with E-state index in [-0.39, 0.29) is 5.91 Å². The van der Waals surface area contributed by atoms with E-state index in [4.69, 9.17) is 10.5 Å². The van der Waals surface area contributed by atoms with Crippen LogP contribution >= 0.6 is 0 Å². The van der Waals surface area contributed by atoms with Gasteiger partial charge in [-0.1, -0.05) is 36.4 Å². The molecule has 0 fully saturated rings. The topological polar surface area (TPSA) is 93.4 Å². The molecule has 0 bridgehead atoms. The summed E-state index contributed by atoms with van der Waals surface area (Å²) < 4.78 is 5.93. The van der Waals surface area contributed by atoms with Crippen molar-refractivity contribution in [3.8, 4) is 11.5 Å². The lowest BCUT2D eigenvalue weighted by molar-refractivity contribution is 0.102. The molecule has 0 unspecified atom stereocenters. The normalized spacial score (nSPS) is 10.2. The fourth-order valence-corrected chi connectivity index (χ4v) is 2.62. The summed E-state index contributed by atoms with van der Waals surface area (Å²) in [6.45, 7) is 2.30. The molecule has 0 aliphatic carbocycles. The first-order valence-corrected chi connectivity index (χ1v) is 8.78. The van der Waals surface area contributed by atoms with Crippen molar-refractivity contribution in [2.75, 3.05) is 5.32 Å². The molecule has 0 aliphatic rings. The standard InChI is InChI=1S/C22H21N3O3/c1-15-5-4-6-18(13-15)28-20-8-3-2-7-19(20)25-21(26)17-11-9-16(10-12-17)14-24-22(23)27/h2-13H,14H2,1H3,(H,25,26)(H3,23,24,27). The molecule has 6 nitrogen and oxygen atoms in total. The lowest BCUT2D eigenvalue weighted by atomic mass is 10.1. The number of aryl methyl sites for hydroxylation is 1. The number of rotatable bonds is 6. The first-order chi connectivity index (χ1) is 13.5. The highest BCUT2D eigenvalue weighted by molar-refractivity contribution is 6.05. The Bertz CT molecular complexity index is 984. The maximum atomic E-state index is 12.6. The zero-order valence-electron chi connectivity index (χ0n) is 15.4. The molecule has 3 rings (SSSR count). The van der Waals surface area contributed by atoms with Gasteiger partial charge in [-0.2, -0.15) is 0 Å². The molecule has 0 atom stereocenters. The highest BCUT2D eigenvalue weighted by Gasteiger charge is 2.11. The van der Waals surface area contributed by atoms with Gasteiger partial charge in [0, 0.05) is 12.1 Å². The second kappa shape index (κ2) is 8.73. The molecule has 0 spiro atoms. The van der Waals surface area contributed by atoms with Crippen LogP contribution in [0.15, 0.2) is 72.8 Å². The third kappa shape index (κ3) is 5.11. The van der Waals surface area contributed by atoms with E-state index in [2.05, 4.69) is 10.6 Å². The summed E-state index contributed by atoms with van der Waals surface area (Å²) in [4.78, 5) is 23.4. The smallest absolute Gasteiger partial charge is 0.312 e. The van der Waals surface area contributed by atoms with Crippen molar-refractivity contribution >= 4 is 17.6 Å². The van der Waals surface area contributed by atoms with Crippen molar-refractivity contribution in [1.29, 1.82) is 0 Å². The Hall–Kier alpha value is -3.80. The van der Waals surface area contributed by atoms with Crippen LogP contribution in [0, 0.1) is 6.92 Å². The molecule has 142 valence electrons. The molecule has 0 heterocycles. The number of carbonyl (C=O) groups excluding carboxylic acids is 2. The predicted octanol–water partition coefficient (Wildman–Crippen LogP) is 4.21. The van der Waals surface area contributed by atoms with Gasteiger partial charge in [0.05, 0.1) is 5.69 Å². The fourth-order valence-electron chi connectivity index (χ4n) is 2.62. The van der Waals surface area contributed by atoms with E-state index in [0.717, 1.165) is 11.1 Å². The van der Waals surface area contributed by atoms with E-state index < -0.39 is 6.03 Å². The minimum absolute atomic E-state index is 0.255. The molecule has 28 heavy (non-hydrogen) atoms. The Morgan fingerprint density at radius 3 is 2.43 bits per heavy atom. The van der Waals surface area contributed by atoms with Gasteiger partial charge in [-0.15, -0.1) is 0 Å². The first-order valence-electron chi connectivity index (χ1n) is 8.78. The number of benzene rings is 3. The second-order valence-electron chi connectivity index (χ2n) is 6.28.